The van der Waals surface area contributed by atoms with Gasteiger partial charge in [-0.15, -0.1) is 0 Å². The van der Waals surface area contributed by atoms with Crippen LogP contribution in [0.1, 0.15) is 11.1 Å². The van der Waals surface area contributed by atoms with Crippen molar-refractivity contribution in [1.29, 1.82) is 0 Å². The zero-order valence-electron chi connectivity index (χ0n) is 10.2. The van der Waals surface area contributed by atoms with Gasteiger partial charge in [-0.1, -0.05) is 6.07 Å². The Morgan fingerprint density at radius 2 is 2.11 bits per heavy atom. The van der Waals surface area contributed by atoms with Gasteiger partial charge in [-0.2, -0.15) is 0 Å². The summed E-state index contributed by atoms with van der Waals surface area (Å²) in [4.78, 5) is 7.08. The Labute approximate surface area is 104 Å². The normalized spacial score (nSPS) is 12.2. The number of imidazole rings is 1. The Hall–Kier alpha value is -1.20. The largest absolute Gasteiger partial charge is 0.392 e. The van der Waals surface area contributed by atoms with Gasteiger partial charge in [0.1, 0.15) is 0 Å². The average molecular weight is 270 g/mol. The molecule has 18 heavy (non-hydrogen) atoms. The number of nitrogens with one attached hydrogen (secondary N) is 1. The van der Waals surface area contributed by atoms with Gasteiger partial charge in [0, 0.05) is 19.8 Å². The van der Waals surface area contributed by atoms with Crippen LogP contribution in [0.2, 0.25) is 0 Å². The highest BCUT2D eigenvalue weighted by Gasteiger charge is 2.22. The fraction of sp³-hybridized carbons (Fsp3) is 0.364. The second-order valence-corrected chi connectivity index (χ2v) is 6.11. The molecule has 1 aromatic carbocycles. The second-order valence-electron chi connectivity index (χ2n) is 3.85. The zero-order chi connectivity index (χ0) is 13.2. The van der Waals surface area contributed by atoms with Crippen molar-refractivity contribution in [3.05, 3.63) is 29.6 Å². The molecule has 0 atom stereocenters. The van der Waals surface area contributed by atoms with Crippen LogP contribution in [0.25, 0.3) is 11.0 Å². The lowest BCUT2D eigenvalue weighted by Crippen LogP contribution is -1.96. The van der Waals surface area contributed by atoms with Gasteiger partial charge >= 0.3 is 7.60 Å². The smallest absolute Gasteiger partial charge is 0.334 e. The predicted molar refractivity (Wildman–Crippen MR) is 67.3 cm³/mol. The van der Waals surface area contributed by atoms with E-state index >= 15 is 0 Å². The molecule has 0 spiro atoms. The molecule has 2 rings (SSSR count). The van der Waals surface area contributed by atoms with Crippen molar-refractivity contribution in [2.24, 2.45) is 0 Å². The molecule has 7 heteroatoms. The van der Waals surface area contributed by atoms with Gasteiger partial charge in [0.15, 0.2) is 0 Å². The van der Waals surface area contributed by atoms with E-state index in [0.717, 1.165) is 11.1 Å². The molecule has 0 aliphatic rings. The van der Waals surface area contributed by atoms with E-state index in [-0.39, 0.29) is 12.8 Å². The van der Waals surface area contributed by atoms with Crippen molar-refractivity contribution in [3.8, 4) is 0 Å². The summed E-state index contributed by atoms with van der Waals surface area (Å²) in [7, 11) is -0.402. The molecular weight excluding hydrogens is 255 g/mol. The molecule has 0 saturated heterocycles. The van der Waals surface area contributed by atoms with E-state index in [1.165, 1.54) is 14.2 Å². The molecule has 0 fully saturated rings. The first-order valence-electron chi connectivity index (χ1n) is 5.38. The molecule has 0 bridgehead atoms. The summed E-state index contributed by atoms with van der Waals surface area (Å²) >= 11 is 0. The number of aliphatic hydroxyl groups excluding tert-OH is 1. The highest BCUT2D eigenvalue weighted by molar-refractivity contribution is 7.52. The highest BCUT2D eigenvalue weighted by atomic mass is 31.2. The van der Waals surface area contributed by atoms with Crippen LogP contribution in [0.5, 0.6) is 0 Å². The third-order valence-electron chi connectivity index (χ3n) is 2.77. The number of fused-ring (bicyclic) bond motifs is 1. The minimum atomic E-state index is -3.11. The lowest BCUT2D eigenvalue weighted by atomic mass is 10.1. The Bertz CT molecular complexity index is 588. The van der Waals surface area contributed by atoms with Crippen LogP contribution < -0.4 is 0 Å². The number of H-pyrrole nitrogens is 1. The average Bonchev–Trinajstić information content (AvgIpc) is 2.85. The van der Waals surface area contributed by atoms with Crippen molar-refractivity contribution in [2.75, 3.05) is 14.2 Å². The molecule has 0 saturated carbocycles. The fourth-order valence-corrected chi connectivity index (χ4v) is 2.87. The molecule has 0 radical (unpaired) electrons. The first-order valence-corrected chi connectivity index (χ1v) is 7.11. The third kappa shape index (κ3) is 2.47. The molecule has 2 N–H and O–H groups in total. The summed E-state index contributed by atoms with van der Waals surface area (Å²) in [5, 5.41) is 9.31. The van der Waals surface area contributed by atoms with Gasteiger partial charge < -0.3 is 19.1 Å². The van der Waals surface area contributed by atoms with Crippen molar-refractivity contribution >= 4 is 18.6 Å². The summed E-state index contributed by atoms with van der Waals surface area (Å²) in [6, 6.07) is 3.58. The van der Waals surface area contributed by atoms with Crippen LogP contribution in [-0.4, -0.2) is 29.3 Å². The minimum absolute atomic E-state index is 0.126. The van der Waals surface area contributed by atoms with Crippen LogP contribution in [-0.2, 0) is 26.4 Å². The summed E-state index contributed by atoms with van der Waals surface area (Å²) in [5.41, 5.74) is 2.95. The Kier molecular flexibility index (Phi) is 3.82. The maximum atomic E-state index is 12.1. The highest BCUT2D eigenvalue weighted by Crippen LogP contribution is 2.49. The van der Waals surface area contributed by atoms with E-state index in [1.54, 1.807) is 12.4 Å². The number of aliphatic hydroxyl groups is 1. The molecule has 0 aliphatic heterocycles. The molecule has 98 valence electrons. The van der Waals surface area contributed by atoms with Crippen LogP contribution in [0.3, 0.4) is 0 Å². The maximum Gasteiger partial charge on any atom is 0.334 e. The molecular formula is C11H15N2O4P. The molecule has 1 aromatic heterocycles. The van der Waals surface area contributed by atoms with Crippen LogP contribution in [0.15, 0.2) is 18.5 Å². The van der Waals surface area contributed by atoms with E-state index in [4.69, 9.17) is 9.05 Å². The van der Waals surface area contributed by atoms with Crippen molar-refractivity contribution in [3.63, 3.8) is 0 Å². The lowest BCUT2D eigenvalue weighted by Gasteiger charge is -2.14. The molecule has 0 unspecified atom stereocenters. The van der Waals surface area contributed by atoms with Crippen molar-refractivity contribution < 1.29 is 18.7 Å². The molecule has 6 nitrogen and oxygen atoms in total. The number of hydrogen-bond acceptors (Lipinski definition) is 5. The minimum Gasteiger partial charge on any atom is -0.392 e. The van der Waals surface area contributed by atoms with E-state index in [0.29, 0.717) is 11.1 Å². The van der Waals surface area contributed by atoms with Gasteiger partial charge in [0.25, 0.3) is 0 Å². The number of rotatable bonds is 5. The SMILES string of the molecule is COP(=O)(Cc1cc(CO)c2nc[nH]c2c1)OC. The lowest BCUT2D eigenvalue weighted by molar-refractivity contribution is 0.274. The quantitative estimate of drug-likeness (QED) is 0.812. The Morgan fingerprint density at radius 3 is 2.72 bits per heavy atom. The van der Waals surface area contributed by atoms with Crippen LogP contribution in [0, 0.1) is 0 Å². The molecule has 0 aliphatic carbocycles. The second kappa shape index (κ2) is 5.20. The predicted octanol–water partition coefficient (Wildman–Crippen LogP) is 2.04. The summed E-state index contributed by atoms with van der Waals surface area (Å²) in [6.45, 7) is -0.126. The number of aromatic nitrogens is 2. The monoisotopic (exact) mass is 270 g/mol. The zero-order valence-corrected chi connectivity index (χ0v) is 11.1. The van der Waals surface area contributed by atoms with Gasteiger partial charge in [-0.25, -0.2) is 4.98 Å². The van der Waals surface area contributed by atoms with Crippen LogP contribution in [0.4, 0.5) is 0 Å². The third-order valence-corrected chi connectivity index (χ3v) is 4.63. The van der Waals surface area contributed by atoms with E-state index < -0.39 is 7.60 Å². The number of nitrogens with zero attached hydrogens (tertiary/aromatic N) is 1. The summed E-state index contributed by atoms with van der Waals surface area (Å²) in [6.07, 6.45) is 1.71. The number of hydrogen-bond donors (Lipinski definition) is 2. The molecule has 2 aromatic rings. The van der Waals surface area contributed by atoms with E-state index in [9.17, 15) is 9.67 Å². The first-order chi connectivity index (χ1) is 8.61. The van der Waals surface area contributed by atoms with Gasteiger partial charge in [-0.3, -0.25) is 4.57 Å². The topological polar surface area (TPSA) is 84.4 Å². The Balaban J connectivity index is 2.42. The van der Waals surface area contributed by atoms with Crippen molar-refractivity contribution in [1.82, 2.24) is 9.97 Å². The standard InChI is InChI=1S/C11H15N2O4P/c1-16-18(15,17-2)6-8-3-9(5-14)11-10(4-8)12-7-13-11/h3-4,7,14H,5-6H2,1-2H3,(H,12,13). The van der Waals surface area contributed by atoms with E-state index in [2.05, 4.69) is 9.97 Å². The number of aromatic amines is 1. The first kappa shape index (κ1) is 13.2. The summed E-state index contributed by atoms with van der Waals surface area (Å²) in [5.74, 6) is 0. The fourth-order valence-electron chi connectivity index (χ4n) is 1.83. The molecule has 1 heterocycles. The summed E-state index contributed by atoms with van der Waals surface area (Å²) < 4.78 is 21.9. The van der Waals surface area contributed by atoms with Crippen LogP contribution >= 0.6 is 7.60 Å². The van der Waals surface area contributed by atoms with Gasteiger partial charge in [0.2, 0.25) is 0 Å². The van der Waals surface area contributed by atoms with Gasteiger partial charge in [-0.05, 0) is 11.6 Å². The Morgan fingerprint density at radius 1 is 1.39 bits per heavy atom. The van der Waals surface area contributed by atoms with Crippen molar-refractivity contribution in [2.45, 2.75) is 12.8 Å². The van der Waals surface area contributed by atoms with Gasteiger partial charge in [0.05, 0.1) is 30.1 Å². The van der Waals surface area contributed by atoms with E-state index in [1.807, 2.05) is 6.07 Å². The molecule has 0 amide bonds. The maximum absolute atomic E-state index is 12.1. The number of benzene rings is 1.